The zero-order valence-corrected chi connectivity index (χ0v) is 7.09. The van der Waals surface area contributed by atoms with Gasteiger partial charge in [-0.2, -0.15) is 5.26 Å². The third kappa shape index (κ3) is 8.97. The van der Waals surface area contributed by atoms with Gasteiger partial charge >= 0.3 is 0 Å². The van der Waals surface area contributed by atoms with Crippen LogP contribution in [0.15, 0.2) is 24.3 Å². The Balaban J connectivity index is 3.18. The Morgan fingerprint density at radius 1 is 1.27 bits per heavy atom. The molecule has 11 heavy (non-hydrogen) atoms. The van der Waals surface area contributed by atoms with Gasteiger partial charge in [0.15, 0.2) is 0 Å². The Bertz CT molecular complexity index is 160. The Labute approximate surface area is 69.0 Å². The Kier molecular flexibility index (Phi) is 8.13. The number of unbranched alkanes of at least 4 members (excludes halogenated alkanes) is 3. The van der Waals surface area contributed by atoms with Crippen LogP contribution in [0, 0.1) is 11.3 Å². The molecule has 1 heteroatoms. The van der Waals surface area contributed by atoms with Gasteiger partial charge in [0.2, 0.25) is 0 Å². The highest BCUT2D eigenvalue weighted by Crippen LogP contribution is 1.99. The molecule has 0 heterocycles. The number of hydrogen-bond acceptors (Lipinski definition) is 1. The van der Waals surface area contributed by atoms with Crippen molar-refractivity contribution < 1.29 is 0 Å². The average Bonchev–Trinajstić information content (AvgIpc) is 2.03. The zero-order valence-electron chi connectivity index (χ0n) is 7.09. The summed E-state index contributed by atoms with van der Waals surface area (Å²) >= 11 is 0. The first kappa shape index (κ1) is 9.97. The maximum atomic E-state index is 8.14. The topological polar surface area (TPSA) is 23.8 Å². The van der Waals surface area contributed by atoms with Gasteiger partial charge in [0, 0.05) is 6.08 Å². The highest BCUT2D eigenvalue weighted by molar-refractivity contribution is 5.11. The fourth-order valence-electron chi connectivity index (χ4n) is 0.786. The van der Waals surface area contributed by atoms with Crippen LogP contribution in [0.2, 0.25) is 0 Å². The Morgan fingerprint density at radius 3 is 2.73 bits per heavy atom. The van der Waals surface area contributed by atoms with Crippen LogP contribution in [-0.4, -0.2) is 0 Å². The van der Waals surface area contributed by atoms with E-state index < -0.39 is 0 Å². The molecule has 0 unspecified atom stereocenters. The van der Waals surface area contributed by atoms with Crippen LogP contribution in [0.5, 0.6) is 0 Å². The largest absolute Gasteiger partial charge is 0.193 e. The van der Waals surface area contributed by atoms with Crippen molar-refractivity contribution in [3.05, 3.63) is 24.3 Å². The molecule has 0 rings (SSSR count). The van der Waals surface area contributed by atoms with Crippen molar-refractivity contribution in [2.24, 2.45) is 0 Å². The molecule has 0 radical (unpaired) electrons. The number of nitrogens with zero attached hydrogens (tertiary/aromatic N) is 1. The van der Waals surface area contributed by atoms with E-state index in [-0.39, 0.29) is 0 Å². The van der Waals surface area contributed by atoms with Crippen molar-refractivity contribution in [3.63, 3.8) is 0 Å². The highest BCUT2D eigenvalue weighted by Gasteiger charge is 1.79. The van der Waals surface area contributed by atoms with Crippen LogP contribution in [0.1, 0.15) is 32.6 Å². The van der Waals surface area contributed by atoms with Gasteiger partial charge in [0.25, 0.3) is 0 Å². The molecule has 0 N–H and O–H groups in total. The molecule has 0 fully saturated rings. The predicted molar refractivity (Wildman–Crippen MR) is 48.0 cm³/mol. The van der Waals surface area contributed by atoms with Gasteiger partial charge in [-0.15, -0.1) is 0 Å². The Morgan fingerprint density at radius 2 is 2.09 bits per heavy atom. The van der Waals surface area contributed by atoms with Gasteiger partial charge in [-0.3, -0.25) is 0 Å². The van der Waals surface area contributed by atoms with Crippen molar-refractivity contribution in [1.82, 2.24) is 0 Å². The maximum Gasteiger partial charge on any atom is 0.0912 e. The molecule has 0 aliphatic heterocycles. The summed E-state index contributed by atoms with van der Waals surface area (Å²) in [5.74, 6) is 0. The van der Waals surface area contributed by atoms with Crippen LogP contribution in [0.25, 0.3) is 0 Å². The first-order chi connectivity index (χ1) is 5.41. The lowest BCUT2D eigenvalue weighted by atomic mass is 10.2. The summed E-state index contributed by atoms with van der Waals surface area (Å²) in [4.78, 5) is 0. The van der Waals surface area contributed by atoms with E-state index in [1.54, 1.807) is 6.08 Å². The highest BCUT2D eigenvalue weighted by atomic mass is 14.2. The summed E-state index contributed by atoms with van der Waals surface area (Å²) < 4.78 is 0. The lowest BCUT2D eigenvalue weighted by molar-refractivity contribution is 0.729. The molecule has 0 aromatic carbocycles. The minimum absolute atomic E-state index is 1.13. The van der Waals surface area contributed by atoms with Gasteiger partial charge in [0.05, 0.1) is 6.07 Å². The van der Waals surface area contributed by atoms with E-state index in [0.717, 1.165) is 6.42 Å². The van der Waals surface area contributed by atoms with Crippen molar-refractivity contribution in [3.8, 4) is 6.07 Å². The molecular weight excluding hydrogens is 134 g/mol. The monoisotopic (exact) mass is 149 g/mol. The first-order valence-corrected chi connectivity index (χ1v) is 4.13. The molecule has 60 valence electrons. The van der Waals surface area contributed by atoms with Crippen LogP contribution in [0.4, 0.5) is 0 Å². The number of hydrogen-bond donors (Lipinski definition) is 0. The number of rotatable bonds is 5. The molecule has 0 atom stereocenters. The van der Waals surface area contributed by atoms with Crippen molar-refractivity contribution in [1.29, 1.82) is 5.26 Å². The SMILES string of the molecule is CCCCC/C=C/C=C/C#N. The molecule has 1 nitrogen and oxygen atoms in total. The summed E-state index contributed by atoms with van der Waals surface area (Å²) in [6.45, 7) is 2.19. The maximum absolute atomic E-state index is 8.14. The minimum atomic E-state index is 1.13. The van der Waals surface area contributed by atoms with Crippen LogP contribution >= 0.6 is 0 Å². The van der Waals surface area contributed by atoms with Crippen molar-refractivity contribution in [2.75, 3.05) is 0 Å². The summed E-state index contributed by atoms with van der Waals surface area (Å²) in [5.41, 5.74) is 0. The van der Waals surface area contributed by atoms with Crippen LogP contribution < -0.4 is 0 Å². The quantitative estimate of drug-likeness (QED) is 0.334. The normalized spacial score (nSPS) is 10.9. The van der Waals surface area contributed by atoms with Crippen LogP contribution in [-0.2, 0) is 0 Å². The van der Waals surface area contributed by atoms with Gasteiger partial charge in [-0.1, -0.05) is 38.0 Å². The van der Waals surface area contributed by atoms with Crippen molar-refractivity contribution in [2.45, 2.75) is 32.6 Å². The number of allylic oxidation sites excluding steroid dienone is 4. The molecule has 0 aromatic heterocycles. The minimum Gasteiger partial charge on any atom is -0.193 e. The van der Waals surface area contributed by atoms with E-state index in [4.69, 9.17) is 5.26 Å². The second-order valence-corrected chi connectivity index (χ2v) is 2.41. The molecule has 0 amide bonds. The standard InChI is InChI=1S/C10H15N/c1-2-3-4-5-6-7-8-9-10-11/h6-9H,2-5H2,1H3/b7-6+,9-8+. The van der Waals surface area contributed by atoms with E-state index in [0.29, 0.717) is 0 Å². The lowest BCUT2D eigenvalue weighted by Crippen LogP contribution is -1.69. The fourth-order valence-corrected chi connectivity index (χ4v) is 0.786. The third-order valence-electron chi connectivity index (χ3n) is 1.39. The second kappa shape index (κ2) is 8.97. The zero-order chi connectivity index (χ0) is 8.36. The molecule has 0 aliphatic carbocycles. The van der Waals surface area contributed by atoms with Gasteiger partial charge in [-0.05, 0) is 12.8 Å². The molecule has 0 bridgehead atoms. The van der Waals surface area contributed by atoms with Gasteiger partial charge in [-0.25, -0.2) is 0 Å². The van der Waals surface area contributed by atoms with Crippen LogP contribution in [0.3, 0.4) is 0 Å². The summed E-state index contributed by atoms with van der Waals surface area (Å²) in [5, 5.41) is 8.14. The van der Waals surface area contributed by atoms with E-state index in [9.17, 15) is 0 Å². The summed E-state index contributed by atoms with van der Waals surface area (Å²) in [6.07, 6.45) is 12.2. The molecule has 0 aliphatic rings. The van der Waals surface area contributed by atoms with E-state index in [1.165, 1.54) is 25.3 Å². The van der Waals surface area contributed by atoms with Gasteiger partial charge in [0.1, 0.15) is 0 Å². The average molecular weight is 149 g/mol. The summed E-state index contributed by atoms with van der Waals surface area (Å²) in [6, 6.07) is 1.94. The Hall–Kier alpha value is -1.03. The van der Waals surface area contributed by atoms with E-state index >= 15 is 0 Å². The molecular formula is C10H15N. The van der Waals surface area contributed by atoms with E-state index in [2.05, 4.69) is 13.0 Å². The first-order valence-electron chi connectivity index (χ1n) is 4.13. The lowest BCUT2D eigenvalue weighted by Gasteiger charge is -1.89. The fraction of sp³-hybridized carbons (Fsp3) is 0.500. The third-order valence-corrected chi connectivity index (χ3v) is 1.39. The molecule has 0 spiro atoms. The van der Waals surface area contributed by atoms with Gasteiger partial charge < -0.3 is 0 Å². The summed E-state index contributed by atoms with van der Waals surface area (Å²) in [7, 11) is 0. The molecule has 0 saturated heterocycles. The molecule has 0 saturated carbocycles. The second-order valence-electron chi connectivity index (χ2n) is 2.41. The molecule has 0 aromatic rings. The van der Waals surface area contributed by atoms with Crippen molar-refractivity contribution >= 4 is 0 Å². The smallest absolute Gasteiger partial charge is 0.0912 e. The number of nitriles is 1. The van der Waals surface area contributed by atoms with E-state index in [1.807, 2.05) is 12.1 Å². The predicted octanol–water partition coefficient (Wildman–Crippen LogP) is 3.20.